The lowest BCUT2D eigenvalue weighted by atomic mass is 10.0. The van der Waals surface area contributed by atoms with E-state index in [0.717, 1.165) is 29.7 Å². The molecule has 1 atom stereocenters. The van der Waals surface area contributed by atoms with E-state index in [2.05, 4.69) is 5.32 Å². The van der Waals surface area contributed by atoms with E-state index in [1.807, 2.05) is 43.3 Å². The molecule has 1 fully saturated rings. The third kappa shape index (κ3) is 3.50. The molecule has 0 radical (unpaired) electrons. The summed E-state index contributed by atoms with van der Waals surface area (Å²) in [5.41, 5.74) is 1.79. The number of nitrogens with one attached hydrogen (secondary N) is 1. The second-order valence-corrected chi connectivity index (χ2v) is 6.08. The van der Waals surface area contributed by atoms with Crippen LogP contribution in [0.15, 0.2) is 47.1 Å². The standard InChI is InChI=1S/C19H22N2O3/c1-14-16(10-12-24-14)13-20-19(23)18(15-7-3-2-4-8-15)21-11-6-5-9-17(21)22/h2-4,7-8,10,12,18H,5-6,9,11,13H2,1H3,(H,20,23)/t18-/m0/s1. The van der Waals surface area contributed by atoms with Gasteiger partial charge in [0.25, 0.3) is 0 Å². The predicted molar refractivity (Wildman–Crippen MR) is 90.0 cm³/mol. The molecule has 1 aromatic carbocycles. The number of hydrogen-bond donors (Lipinski definition) is 1. The number of nitrogens with zero attached hydrogens (tertiary/aromatic N) is 1. The minimum Gasteiger partial charge on any atom is -0.469 e. The van der Waals surface area contributed by atoms with Crippen LogP contribution in [-0.4, -0.2) is 23.3 Å². The Labute approximate surface area is 141 Å². The van der Waals surface area contributed by atoms with E-state index >= 15 is 0 Å². The minimum absolute atomic E-state index is 0.0461. The van der Waals surface area contributed by atoms with Gasteiger partial charge in [-0.2, -0.15) is 0 Å². The van der Waals surface area contributed by atoms with Crippen LogP contribution in [0.5, 0.6) is 0 Å². The topological polar surface area (TPSA) is 62.6 Å². The van der Waals surface area contributed by atoms with E-state index in [4.69, 9.17) is 4.42 Å². The van der Waals surface area contributed by atoms with Gasteiger partial charge in [-0.05, 0) is 31.4 Å². The summed E-state index contributed by atoms with van der Waals surface area (Å²) in [4.78, 5) is 26.9. The first-order valence-corrected chi connectivity index (χ1v) is 8.32. The van der Waals surface area contributed by atoms with Crippen LogP contribution in [0.2, 0.25) is 0 Å². The van der Waals surface area contributed by atoms with Gasteiger partial charge in [0.15, 0.2) is 0 Å². The lowest BCUT2D eigenvalue weighted by Gasteiger charge is -2.34. The number of likely N-dealkylation sites (tertiary alicyclic amines) is 1. The number of piperidine rings is 1. The summed E-state index contributed by atoms with van der Waals surface area (Å²) in [5.74, 6) is 0.683. The normalized spacial score (nSPS) is 16.0. The smallest absolute Gasteiger partial charge is 0.247 e. The van der Waals surface area contributed by atoms with Gasteiger partial charge >= 0.3 is 0 Å². The Morgan fingerprint density at radius 2 is 2.04 bits per heavy atom. The monoisotopic (exact) mass is 326 g/mol. The predicted octanol–water partition coefficient (Wildman–Crippen LogP) is 2.96. The Bertz CT molecular complexity index is 708. The van der Waals surface area contributed by atoms with Gasteiger partial charge in [0.05, 0.1) is 6.26 Å². The van der Waals surface area contributed by atoms with Gasteiger partial charge in [0.1, 0.15) is 11.8 Å². The van der Waals surface area contributed by atoms with Crippen molar-refractivity contribution < 1.29 is 14.0 Å². The van der Waals surface area contributed by atoms with Gasteiger partial charge in [-0.1, -0.05) is 30.3 Å². The van der Waals surface area contributed by atoms with Crippen molar-refractivity contribution in [2.24, 2.45) is 0 Å². The maximum absolute atomic E-state index is 12.9. The molecule has 5 nitrogen and oxygen atoms in total. The van der Waals surface area contributed by atoms with Crippen molar-refractivity contribution in [2.75, 3.05) is 6.54 Å². The molecule has 3 rings (SSSR count). The third-order valence-corrected chi connectivity index (χ3v) is 4.45. The van der Waals surface area contributed by atoms with Crippen molar-refractivity contribution >= 4 is 11.8 Å². The number of rotatable bonds is 5. The number of amides is 2. The van der Waals surface area contributed by atoms with Crippen LogP contribution in [-0.2, 0) is 16.1 Å². The largest absolute Gasteiger partial charge is 0.469 e. The highest BCUT2D eigenvalue weighted by molar-refractivity contribution is 5.89. The van der Waals surface area contributed by atoms with Crippen LogP contribution in [0.4, 0.5) is 0 Å². The van der Waals surface area contributed by atoms with Crippen molar-refractivity contribution in [3.05, 3.63) is 59.5 Å². The fourth-order valence-electron chi connectivity index (χ4n) is 3.08. The Morgan fingerprint density at radius 3 is 2.71 bits per heavy atom. The van der Waals surface area contributed by atoms with Crippen molar-refractivity contribution in [1.82, 2.24) is 10.2 Å². The molecule has 24 heavy (non-hydrogen) atoms. The van der Waals surface area contributed by atoms with Crippen molar-refractivity contribution in [1.29, 1.82) is 0 Å². The molecule has 0 aliphatic carbocycles. The third-order valence-electron chi connectivity index (χ3n) is 4.45. The summed E-state index contributed by atoms with van der Waals surface area (Å²) in [6, 6.07) is 10.8. The second kappa shape index (κ2) is 7.34. The first kappa shape index (κ1) is 16.3. The maximum Gasteiger partial charge on any atom is 0.247 e. The molecule has 0 unspecified atom stereocenters. The molecule has 2 aromatic rings. The van der Waals surface area contributed by atoms with Gasteiger partial charge in [-0.25, -0.2) is 0 Å². The van der Waals surface area contributed by atoms with Crippen molar-refractivity contribution in [3.8, 4) is 0 Å². The molecule has 1 aromatic heterocycles. The fraction of sp³-hybridized carbons (Fsp3) is 0.368. The summed E-state index contributed by atoms with van der Waals surface area (Å²) in [6.45, 7) is 2.88. The summed E-state index contributed by atoms with van der Waals surface area (Å²) in [6.07, 6.45) is 3.95. The highest BCUT2D eigenvalue weighted by atomic mass is 16.3. The Hall–Kier alpha value is -2.56. The van der Waals surface area contributed by atoms with E-state index in [0.29, 0.717) is 19.5 Å². The Morgan fingerprint density at radius 1 is 1.25 bits per heavy atom. The molecule has 5 heteroatoms. The van der Waals surface area contributed by atoms with Crippen molar-refractivity contribution in [3.63, 3.8) is 0 Å². The molecule has 2 heterocycles. The van der Waals surface area contributed by atoms with Crippen LogP contribution in [0.3, 0.4) is 0 Å². The van der Waals surface area contributed by atoms with E-state index in [1.54, 1.807) is 11.2 Å². The SMILES string of the molecule is Cc1occc1CNC(=O)[C@H](c1ccccc1)N1CCCCC1=O. The lowest BCUT2D eigenvalue weighted by molar-refractivity contribution is -0.142. The number of benzene rings is 1. The first-order chi connectivity index (χ1) is 11.7. The van der Waals surface area contributed by atoms with Gasteiger partial charge in [-0.3, -0.25) is 9.59 Å². The molecule has 0 spiro atoms. The van der Waals surface area contributed by atoms with Crippen LogP contribution in [0.25, 0.3) is 0 Å². The number of carbonyl (C=O) groups is 2. The first-order valence-electron chi connectivity index (χ1n) is 8.32. The average Bonchev–Trinajstić information content (AvgIpc) is 3.01. The summed E-state index contributed by atoms with van der Waals surface area (Å²) < 4.78 is 5.26. The van der Waals surface area contributed by atoms with Crippen LogP contribution in [0, 0.1) is 6.92 Å². The quantitative estimate of drug-likeness (QED) is 0.919. The zero-order valence-corrected chi connectivity index (χ0v) is 13.8. The molecular weight excluding hydrogens is 304 g/mol. The van der Waals surface area contributed by atoms with E-state index in [-0.39, 0.29) is 11.8 Å². The van der Waals surface area contributed by atoms with Gasteiger partial charge in [0.2, 0.25) is 11.8 Å². The zero-order chi connectivity index (χ0) is 16.9. The number of aryl methyl sites for hydroxylation is 1. The van der Waals surface area contributed by atoms with Gasteiger partial charge in [0, 0.05) is 25.1 Å². The average molecular weight is 326 g/mol. The molecule has 126 valence electrons. The highest BCUT2D eigenvalue weighted by Crippen LogP contribution is 2.26. The molecule has 1 aliphatic rings. The molecule has 0 saturated carbocycles. The maximum atomic E-state index is 12.9. The fourth-order valence-corrected chi connectivity index (χ4v) is 3.08. The number of carbonyl (C=O) groups excluding carboxylic acids is 2. The van der Waals surface area contributed by atoms with E-state index in [1.165, 1.54) is 0 Å². The highest BCUT2D eigenvalue weighted by Gasteiger charge is 2.32. The van der Waals surface area contributed by atoms with Gasteiger partial charge in [-0.15, -0.1) is 0 Å². The van der Waals surface area contributed by atoms with Crippen LogP contribution < -0.4 is 5.32 Å². The lowest BCUT2D eigenvalue weighted by Crippen LogP contribution is -2.45. The summed E-state index contributed by atoms with van der Waals surface area (Å²) in [5, 5.41) is 2.95. The van der Waals surface area contributed by atoms with Crippen molar-refractivity contribution in [2.45, 2.75) is 38.8 Å². The van der Waals surface area contributed by atoms with Gasteiger partial charge < -0.3 is 14.6 Å². The molecular formula is C19H22N2O3. The zero-order valence-electron chi connectivity index (χ0n) is 13.8. The Kier molecular flexibility index (Phi) is 4.99. The number of furan rings is 1. The summed E-state index contributed by atoms with van der Waals surface area (Å²) >= 11 is 0. The molecule has 1 aliphatic heterocycles. The van der Waals surface area contributed by atoms with E-state index in [9.17, 15) is 9.59 Å². The van der Waals surface area contributed by atoms with Crippen LogP contribution in [0.1, 0.15) is 42.2 Å². The molecule has 1 saturated heterocycles. The van der Waals surface area contributed by atoms with Crippen LogP contribution >= 0.6 is 0 Å². The van der Waals surface area contributed by atoms with E-state index < -0.39 is 6.04 Å². The second-order valence-electron chi connectivity index (χ2n) is 6.08. The number of hydrogen-bond acceptors (Lipinski definition) is 3. The molecule has 0 bridgehead atoms. The Balaban J connectivity index is 1.80. The molecule has 1 N–H and O–H groups in total. The minimum atomic E-state index is -0.578. The molecule has 2 amide bonds. The summed E-state index contributed by atoms with van der Waals surface area (Å²) in [7, 11) is 0.